The van der Waals surface area contributed by atoms with Gasteiger partial charge in [0.05, 0.1) is 17.6 Å². The lowest BCUT2D eigenvalue weighted by molar-refractivity contribution is 0.114. The minimum absolute atomic E-state index is 0.0299. The molecule has 6 heteroatoms. The predicted octanol–water partition coefficient (Wildman–Crippen LogP) is 3.48. The lowest BCUT2D eigenvalue weighted by Gasteiger charge is -2.15. The maximum absolute atomic E-state index is 12.8. The molecule has 1 aliphatic rings. The molecule has 1 saturated heterocycles. The van der Waals surface area contributed by atoms with Crippen LogP contribution in [0.4, 0.5) is 0 Å². The second-order valence-electron chi connectivity index (χ2n) is 6.30. The lowest BCUT2D eigenvalue weighted by Crippen LogP contribution is -2.31. The van der Waals surface area contributed by atoms with E-state index in [1.807, 2.05) is 24.3 Å². The van der Waals surface area contributed by atoms with Gasteiger partial charge in [-0.15, -0.1) is 0 Å². The first-order valence-corrected chi connectivity index (χ1v) is 10.4. The monoisotopic (exact) mass is 363 g/mol. The van der Waals surface area contributed by atoms with Crippen molar-refractivity contribution in [2.24, 2.45) is 0 Å². The lowest BCUT2D eigenvalue weighted by atomic mass is 10.1. The summed E-state index contributed by atoms with van der Waals surface area (Å²) in [6.07, 6.45) is 3.87. The van der Waals surface area contributed by atoms with Crippen molar-refractivity contribution in [1.29, 1.82) is 0 Å². The quantitative estimate of drug-likeness (QED) is 0.729. The van der Waals surface area contributed by atoms with Gasteiger partial charge in [-0.2, -0.15) is 0 Å². The topological polar surface area (TPSA) is 64.6 Å². The summed E-state index contributed by atoms with van der Waals surface area (Å²) in [6, 6.07) is 10.8. The van der Waals surface area contributed by atoms with E-state index in [1.165, 1.54) is 0 Å². The maximum Gasteiger partial charge on any atom is 0.241 e. The van der Waals surface area contributed by atoms with E-state index >= 15 is 0 Å². The highest BCUT2D eigenvalue weighted by Crippen LogP contribution is 2.31. The number of benzene rings is 2. The summed E-state index contributed by atoms with van der Waals surface area (Å²) in [7, 11) is -3.60. The van der Waals surface area contributed by atoms with Crippen LogP contribution in [0.2, 0.25) is 0 Å². The Bertz CT molecular complexity index is 813. The summed E-state index contributed by atoms with van der Waals surface area (Å²) < 4.78 is 39.6. The molecule has 1 aliphatic heterocycles. The molecule has 5 nitrogen and oxygen atoms in total. The van der Waals surface area contributed by atoms with Crippen molar-refractivity contribution in [2.75, 3.05) is 19.8 Å². The summed E-state index contributed by atoms with van der Waals surface area (Å²) in [6.45, 7) is 3.76. The minimum Gasteiger partial charge on any atom is -0.493 e. The Hall–Kier alpha value is -1.63. The molecule has 1 N–H and O–H groups in total. The van der Waals surface area contributed by atoms with Crippen molar-refractivity contribution in [3.63, 3.8) is 0 Å². The van der Waals surface area contributed by atoms with Gasteiger partial charge in [0.15, 0.2) is 0 Å². The zero-order chi connectivity index (χ0) is 17.7. The van der Waals surface area contributed by atoms with E-state index < -0.39 is 10.0 Å². The molecule has 0 saturated carbocycles. The Labute approximate surface area is 149 Å². The van der Waals surface area contributed by atoms with Crippen molar-refractivity contribution in [2.45, 2.75) is 43.6 Å². The van der Waals surface area contributed by atoms with E-state index in [-0.39, 0.29) is 11.0 Å². The van der Waals surface area contributed by atoms with Crippen LogP contribution < -0.4 is 9.46 Å². The van der Waals surface area contributed by atoms with Crippen molar-refractivity contribution in [3.05, 3.63) is 36.4 Å². The van der Waals surface area contributed by atoms with Gasteiger partial charge in [0.25, 0.3) is 0 Å². The summed E-state index contributed by atoms with van der Waals surface area (Å²) in [4.78, 5) is 0.281. The van der Waals surface area contributed by atoms with Gasteiger partial charge >= 0.3 is 0 Å². The molecule has 0 spiro atoms. The molecule has 1 heterocycles. The molecule has 3 rings (SSSR count). The standard InChI is InChI=1S/C19H25NO4S/c1-2-3-12-24-18-10-11-19(17-9-5-4-8-16(17)18)25(21,22)20-14-15-7-6-13-23-15/h4-5,8-11,15,20H,2-3,6-7,12-14H2,1H3. The fourth-order valence-corrected chi connectivity index (χ4v) is 4.29. The molecule has 2 aromatic carbocycles. The van der Waals surface area contributed by atoms with Crippen LogP contribution in [-0.4, -0.2) is 34.3 Å². The van der Waals surface area contributed by atoms with E-state index in [0.29, 0.717) is 25.1 Å². The third-order valence-electron chi connectivity index (χ3n) is 4.41. The van der Waals surface area contributed by atoms with E-state index in [1.54, 1.807) is 12.1 Å². The van der Waals surface area contributed by atoms with Crippen LogP contribution in [0.3, 0.4) is 0 Å². The number of fused-ring (bicyclic) bond motifs is 1. The van der Waals surface area contributed by atoms with Gasteiger partial charge in [-0.05, 0) is 31.4 Å². The van der Waals surface area contributed by atoms with Crippen LogP contribution in [0.25, 0.3) is 10.8 Å². The zero-order valence-electron chi connectivity index (χ0n) is 14.5. The van der Waals surface area contributed by atoms with Crippen LogP contribution >= 0.6 is 0 Å². The predicted molar refractivity (Wildman–Crippen MR) is 98.5 cm³/mol. The van der Waals surface area contributed by atoms with Crippen LogP contribution in [0.5, 0.6) is 5.75 Å². The van der Waals surface area contributed by atoms with Gasteiger partial charge in [-0.3, -0.25) is 0 Å². The first-order valence-electron chi connectivity index (χ1n) is 8.87. The molecule has 2 aromatic rings. The van der Waals surface area contributed by atoms with E-state index in [0.717, 1.165) is 36.8 Å². The number of nitrogens with one attached hydrogen (secondary N) is 1. The van der Waals surface area contributed by atoms with Gasteiger partial charge in [-0.25, -0.2) is 13.1 Å². The second kappa shape index (κ2) is 8.17. The molecular formula is C19H25NO4S. The molecule has 0 aromatic heterocycles. The number of hydrogen-bond donors (Lipinski definition) is 1. The highest BCUT2D eigenvalue weighted by molar-refractivity contribution is 7.89. The normalized spacial score (nSPS) is 17.9. The summed E-state index contributed by atoms with van der Waals surface area (Å²) in [5.74, 6) is 0.724. The number of unbranched alkanes of at least 4 members (excludes halogenated alkanes) is 1. The third kappa shape index (κ3) is 4.32. The van der Waals surface area contributed by atoms with Crippen LogP contribution in [0, 0.1) is 0 Å². The average molecular weight is 363 g/mol. The molecule has 0 radical (unpaired) electrons. The molecule has 1 fully saturated rings. The molecule has 1 unspecified atom stereocenters. The first-order chi connectivity index (χ1) is 12.1. The van der Waals surface area contributed by atoms with Gasteiger partial charge in [0, 0.05) is 23.9 Å². The second-order valence-corrected chi connectivity index (χ2v) is 8.03. The third-order valence-corrected chi connectivity index (χ3v) is 5.90. The van der Waals surface area contributed by atoms with Crippen molar-refractivity contribution in [1.82, 2.24) is 4.72 Å². The molecule has 136 valence electrons. The molecule has 0 bridgehead atoms. The molecular weight excluding hydrogens is 338 g/mol. The van der Waals surface area contributed by atoms with Crippen LogP contribution in [0.1, 0.15) is 32.6 Å². The van der Waals surface area contributed by atoms with E-state index in [9.17, 15) is 8.42 Å². The van der Waals surface area contributed by atoms with Crippen molar-refractivity contribution >= 4 is 20.8 Å². The van der Waals surface area contributed by atoms with Crippen LogP contribution in [0.15, 0.2) is 41.3 Å². The maximum atomic E-state index is 12.8. The Morgan fingerprint density at radius 1 is 1.20 bits per heavy atom. The number of rotatable bonds is 8. The Morgan fingerprint density at radius 3 is 2.72 bits per heavy atom. The van der Waals surface area contributed by atoms with Gasteiger partial charge in [0.2, 0.25) is 10.0 Å². The fourth-order valence-electron chi connectivity index (χ4n) is 3.02. The van der Waals surface area contributed by atoms with Crippen molar-refractivity contribution in [3.8, 4) is 5.75 Å². The number of sulfonamides is 1. The molecule has 1 atom stereocenters. The Kier molecular flexibility index (Phi) is 5.93. The molecule has 25 heavy (non-hydrogen) atoms. The highest BCUT2D eigenvalue weighted by atomic mass is 32.2. The highest BCUT2D eigenvalue weighted by Gasteiger charge is 2.22. The minimum atomic E-state index is -3.60. The van der Waals surface area contributed by atoms with Crippen molar-refractivity contribution < 1.29 is 17.9 Å². The largest absolute Gasteiger partial charge is 0.493 e. The smallest absolute Gasteiger partial charge is 0.241 e. The van der Waals surface area contributed by atoms with Gasteiger partial charge < -0.3 is 9.47 Å². The van der Waals surface area contributed by atoms with Gasteiger partial charge in [-0.1, -0.05) is 37.6 Å². The Balaban J connectivity index is 1.86. The Morgan fingerprint density at radius 2 is 2.00 bits per heavy atom. The average Bonchev–Trinajstić information content (AvgIpc) is 3.14. The summed E-state index contributed by atoms with van der Waals surface area (Å²) >= 11 is 0. The van der Waals surface area contributed by atoms with Crippen LogP contribution in [-0.2, 0) is 14.8 Å². The number of hydrogen-bond acceptors (Lipinski definition) is 4. The SMILES string of the molecule is CCCCOc1ccc(S(=O)(=O)NCC2CCCO2)c2ccccc12. The molecule has 0 amide bonds. The first kappa shape index (κ1) is 18.2. The van der Waals surface area contributed by atoms with Gasteiger partial charge in [0.1, 0.15) is 5.75 Å². The summed E-state index contributed by atoms with van der Waals surface area (Å²) in [5, 5.41) is 1.50. The zero-order valence-corrected chi connectivity index (χ0v) is 15.3. The molecule has 0 aliphatic carbocycles. The summed E-state index contributed by atoms with van der Waals surface area (Å²) in [5.41, 5.74) is 0. The fraction of sp³-hybridized carbons (Fsp3) is 0.474. The number of ether oxygens (including phenoxy) is 2. The van der Waals surface area contributed by atoms with E-state index in [4.69, 9.17) is 9.47 Å². The van der Waals surface area contributed by atoms with E-state index in [2.05, 4.69) is 11.6 Å².